The van der Waals surface area contributed by atoms with E-state index in [1.54, 1.807) is 6.92 Å². The summed E-state index contributed by atoms with van der Waals surface area (Å²) in [5, 5.41) is 1.19. The summed E-state index contributed by atoms with van der Waals surface area (Å²) >= 11 is 0. The van der Waals surface area contributed by atoms with Crippen LogP contribution >= 0.6 is 0 Å². The molecule has 1 aliphatic rings. The molecule has 1 fully saturated rings. The summed E-state index contributed by atoms with van der Waals surface area (Å²) in [5.41, 5.74) is 2.25. The van der Waals surface area contributed by atoms with Gasteiger partial charge in [-0.3, -0.25) is 9.78 Å². The number of hydrogen-bond acceptors (Lipinski definition) is 3. The summed E-state index contributed by atoms with van der Waals surface area (Å²) in [6.07, 6.45) is 2.88. The van der Waals surface area contributed by atoms with Crippen LogP contribution in [0.4, 0.5) is 5.69 Å². The maximum atomic E-state index is 11.5. The number of carbonyl (C=O) groups is 1. The average molecular weight is 269 g/mol. The highest BCUT2D eigenvalue weighted by Gasteiger charge is 2.18. The molecule has 1 saturated heterocycles. The van der Waals surface area contributed by atoms with Gasteiger partial charge in [-0.25, -0.2) is 0 Å². The van der Waals surface area contributed by atoms with Gasteiger partial charge >= 0.3 is 0 Å². The number of benzene rings is 1. The van der Waals surface area contributed by atoms with E-state index < -0.39 is 0 Å². The number of carbonyl (C=O) groups excluding carboxylic acids is 1. The molecule has 0 saturated carbocycles. The minimum atomic E-state index is 0.173. The maximum Gasteiger partial charge on any atom is 0.219 e. The third-order valence-corrected chi connectivity index (χ3v) is 3.91. The van der Waals surface area contributed by atoms with Crippen molar-refractivity contribution in [3.8, 4) is 0 Å². The van der Waals surface area contributed by atoms with Crippen molar-refractivity contribution in [1.82, 2.24) is 9.88 Å². The second-order valence-corrected chi connectivity index (χ2v) is 5.19. The van der Waals surface area contributed by atoms with Crippen LogP contribution in [0.2, 0.25) is 0 Å². The molecule has 20 heavy (non-hydrogen) atoms. The molecule has 0 spiro atoms. The summed E-state index contributed by atoms with van der Waals surface area (Å²) in [5.74, 6) is 0.173. The number of amides is 1. The van der Waals surface area contributed by atoms with E-state index in [0.29, 0.717) is 0 Å². The van der Waals surface area contributed by atoms with E-state index in [1.807, 2.05) is 29.3 Å². The van der Waals surface area contributed by atoms with Gasteiger partial charge in [0.25, 0.3) is 0 Å². The number of pyridine rings is 1. The molecule has 1 aromatic heterocycles. The average Bonchev–Trinajstić information content (AvgIpc) is 2.72. The van der Waals surface area contributed by atoms with Crippen molar-refractivity contribution in [2.45, 2.75) is 13.3 Å². The standard InChI is InChI=1S/C16H19N3O/c1-13(20)18-9-4-10-19(12-11-18)16-7-8-17-15-6-3-2-5-14(15)16/h2-3,5-8H,4,9-12H2,1H3. The summed E-state index contributed by atoms with van der Waals surface area (Å²) in [7, 11) is 0. The van der Waals surface area contributed by atoms with Crippen LogP contribution in [0.5, 0.6) is 0 Å². The van der Waals surface area contributed by atoms with Crippen molar-refractivity contribution < 1.29 is 4.79 Å². The third kappa shape index (κ3) is 2.46. The Hall–Kier alpha value is -2.10. The molecule has 0 bridgehead atoms. The fraction of sp³-hybridized carbons (Fsp3) is 0.375. The van der Waals surface area contributed by atoms with E-state index >= 15 is 0 Å². The Bertz CT molecular complexity index is 621. The molecule has 0 unspecified atom stereocenters. The minimum Gasteiger partial charge on any atom is -0.369 e. The van der Waals surface area contributed by atoms with Gasteiger partial charge in [-0.15, -0.1) is 0 Å². The lowest BCUT2D eigenvalue weighted by molar-refractivity contribution is -0.128. The number of aromatic nitrogens is 1. The Morgan fingerprint density at radius 3 is 2.80 bits per heavy atom. The first-order chi connectivity index (χ1) is 9.75. The first-order valence-corrected chi connectivity index (χ1v) is 7.10. The second kappa shape index (κ2) is 5.49. The highest BCUT2D eigenvalue weighted by atomic mass is 16.2. The van der Waals surface area contributed by atoms with Gasteiger partial charge in [-0.05, 0) is 18.6 Å². The monoisotopic (exact) mass is 269 g/mol. The molecular weight excluding hydrogens is 250 g/mol. The van der Waals surface area contributed by atoms with Gasteiger partial charge in [0, 0.05) is 50.4 Å². The zero-order valence-electron chi connectivity index (χ0n) is 11.7. The Kier molecular flexibility index (Phi) is 3.54. The van der Waals surface area contributed by atoms with E-state index in [2.05, 4.69) is 22.0 Å². The van der Waals surface area contributed by atoms with Crippen molar-refractivity contribution in [3.05, 3.63) is 36.5 Å². The van der Waals surface area contributed by atoms with Gasteiger partial charge in [0.2, 0.25) is 5.91 Å². The van der Waals surface area contributed by atoms with Gasteiger partial charge in [-0.2, -0.15) is 0 Å². The summed E-state index contributed by atoms with van der Waals surface area (Å²) in [6, 6.07) is 10.3. The molecule has 104 valence electrons. The van der Waals surface area contributed by atoms with Gasteiger partial charge in [0.15, 0.2) is 0 Å². The lowest BCUT2D eigenvalue weighted by Crippen LogP contribution is -2.33. The molecule has 3 rings (SSSR count). The van der Waals surface area contributed by atoms with Crippen LogP contribution in [-0.2, 0) is 4.79 Å². The van der Waals surface area contributed by atoms with Crippen molar-refractivity contribution in [1.29, 1.82) is 0 Å². The Morgan fingerprint density at radius 1 is 1.10 bits per heavy atom. The number of para-hydroxylation sites is 1. The van der Waals surface area contributed by atoms with Crippen molar-refractivity contribution >= 4 is 22.5 Å². The highest BCUT2D eigenvalue weighted by Crippen LogP contribution is 2.25. The topological polar surface area (TPSA) is 36.4 Å². The molecule has 1 aliphatic heterocycles. The number of hydrogen-bond donors (Lipinski definition) is 0. The Morgan fingerprint density at radius 2 is 1.95 bits per heavy atom. The van der Waals surface area contributed by atoms with Crippen LogP contribution in [0.25, 0.3) is 10.9 Å². The molecule has 1 amide bonds. The largest absolute Gasteiger partial charge is 0.369 e. The van der Waals surface area contributed by atoms with E-state index in [4.69, 9.17) is 0 Å². The van der Waals surface area contributed by atoms with E-state index in [0.717, 1.165) is 38.1 Å². The minimum absolute atomic E-state index is 0.173. The van der Waals surface area contributed by atoms with Crippen LogP contribution < -0.4 is 4.90 Å². The SMILES string of the molecule is CC(=O)N1CCCN(c2ccnc3ccccc23)CC1. The van der Waals surface area contributed by atoms with Crippen LogP contribution in [-0.4, -0.2) is 42.0 Å². The van der Waals surface area contributed by atoms with Crippen LogP contribution in [0.1, 0.15) is 13.3 Å². The molecule has 2 heterocycles. The maximum absolute atomic E-state index is 11.5. The Balaban J connectivity index is 1.89. The lowest BCUT2D eigenvalue weighted by Gasteiger charge is -2.24. The van der Waals surface area contributed by atoms with Crippen molar-refractivity contribution in [2.24, 2.45) is 0 Å². The molecule has 4 heteroatoms. The number of nitrogens with zero attached hydrogens (tertiary/aromatic N) is 3. The highest BCUT2D eigenvalue weighted by molar-refractivity contribution is 5.91. The van der Waals surface area contributed by atoms with Gasteiger partial charge in [0.05, 0.1) is 5.52 Å². The molecule has 0 atom stereocenters. The predicted octanol–water partition coefficient (Wildman–Crippen LogP) is 2.29. The van der Waals surface area contributed by atoms with Crippen LogP contribution in [0.15, 0.2) is 36.5 Å². The lowest BCUT2D eigenvalue weighted by atomic mass is 10.1. The third-order valence-electron chi connectivity index (χ3n) is 3.91. The first-order valence-electron chi connectivity index (χ1n) is 7.10. The van der Waals surface area contributed by atoms with Crippen molar-refractivity contribution in [2.75, 3.05) is 31.1 Å². The molecule has 0 N–H and O–H groups in total. The number of rotatable bonds is 1. The molecule has 1 aromatic carbocycles. The van der Waals surface area contributed by atoms with Crippen LogP contribution in [0, 0.1) is 0 Å². The zero-order valence-corrected chi connectivity index (χ0v) is 11.7. The quantitative estimate of drug-likeness (QED) is 0.797. The van der Waals surface area contributed by atoms with Crippen molar-refractivity contribution in [3.63, 3.8) is 0 Å². The summed E-state index contributed by atoms with van der Waals surface area (Å²) in [6.45, 7) is 5.17. The number of fused-ring (bicyclic) bond motifs is 1. The zero-order chi connectivity index (χ0) is 13.9. The fourth-order valence-corrected chi connectivity index (χ4v) is 2.83. The molecule has 2 aromatic rings. The fourth-order valence-electron chi connectivity index (χ4n) is 2.83. The predicted molar refractivity (Wildman–Crippen MR) is 80.8 cm³/mol. The van der Waals surface area contributed by atoms with Gasteiger partial charge in [-0.1, -0.05) is 18.2 Å². The normalized spacial score (nSPS) is 16.2. The van der Waals surface area contributed by atoms with E-state index in [9.17, 15) is 4.79 Å². The van der Waals surface area contributed by atoms with Gasteiger partial charge in [0.1, 0.15) is 0 Å². The van der Waals surface area contributed by atoms with Gasteiger partial charge < -0.3 is 9.80 Å². The summed E-state index contributed by atoms with van der Waals surface area (Å²) < 4.78 is 0. The molecule has 0 aliphatic carbocycles. The molecule has 0 radical (unpaired) electrons. The molecular formula is C16H19N3O. The second-order valence-electron chi connectivity index (χ2n) is 5.19. The summed E-state index contributed by atoms with van der Waals surface area (Å²) in [4.78, 5) is 20.2. The van der Waals surface area contributed by atoms with E-state index in [1.165, 1.54) is 11.1 Å². The Labute approximate surface area is 119 Å². The first kappa shape index (κ1) is 12.9. The smallest absolute Gasteiger partial charge is 0.219 e. The van der Waals surface area contributed by atoms with Crippen LogP contribution in [0.3, 0.4) is 0 Å². The number of anilines is 1. The van der Waals surface area contributed by atoms with E-state index in [-0.39, 0.29) is 5.91 Å². The molecule has 4 nitrogen and oxygen atoms in total.